The zero-order valence-electron chi connectivity index (χ0n) is 12.4. The summed E-state index contributed by atoms with van der Waals surface area (Å²) in [7, 11) is 0. The minimum atomic E-state index is -0.259. The molecule has 23 heavy (non-hydrogen) atoms. The molecule has 3 amide bonds. The molecule has 0 saturated carbocycles. The van der Waals surface area contributed by atoms with Crippen LogP contribution in [0.3, 0.4) is 0 Å². The molecule has 0 spiro atoms. The van der Waals surface area contributed by atoms with Gasteiger partial charge in [-0.2, -0.15) is 0 Å². The van der Waals surface area contributed by atoms with Crippen LogP contribution >= 0.6 is 11.6 Å². The predicted octanol–water partition coefficient (Wildman–Crippen LogP) is 3.20. The van der Waals surface area contributed by atoms with Crippen molar-refractivity contribution in [2.24, 2.45) is 0 Å². The first-order valence-corrected chi connectivity index (χ1v) is 7.70. The maximum atomic E-state index is 11.8. The molecule has 3 rings (SSSR count). The Labute approximate surface area is 139 Å². The highest BCUT2D eigenvalue weighted by molar-refractivity contribution is 6.30. The second kappa shape index (κ2) is 6.71. The molecule has 0 aromatic heterocycles. The number of carbonyl (C=O) groups excluding carboxylic acids is 2. The van der Waals surface area contributed by atoms with Gasteiger partial charge in [0.05, 0.1) is 6.42 Å². The summed E-state index contributed by atoms with van der Waals surface area (Å²) in [6, 6.07) is 12.5. The van der Waals surface area contributed by atoms with Crippen molar-refractivity contribution in [2.45, 2.75) is 12.8 Å². The first kappa shape index (κ1) is 15.4. The van der Waals surface area contributed by atoms with Crippen LogP contribution in [0.5, 0.6) is 0 Å². The zero-order valence-corrected chi connectivity index (χ0v) is 13.1. The molecule has 2 aromatic carbocycles. The lowest BCUT2D eigenvalue weighted by Gasteiger charge is -2.08. The first-order chi connectivity index (χ1) is 11.1. The molecule has 2 aromatic rings. The number of hydrogen-bond donors (Lipinski definition) is 3. The van der Waals surface area contributed by atoms with Gasteiger partial charge in [-0.05, 0) is 47.9 Å². The van der Waals surface area contributed by atoms with Crippen molar-refractivity contribution in [1.82, 2.24) is 5.32 Å². The maximum absolute atomic E-state index is 11.8. The fraction of sp³-hybridized carbons (Fsp3) is 0.176. The number of amides is 3. The molecule has 118 valence electrons. The number of halogens is 1. The highest BCUT2D eigenvalue weighted by atomic mass is 35.5. The van der Waals surface area contributed by atoms with E-state index in [1.54, 1.807) is 24.3 Å². The van der Waals surface area contributed by atoms with Crippen molar-refractivity contribution in [3.63, 3.8) is 0 Å². The van der Waals surface area contributed by atoms with Gasteiger partial charge in [0, 0.05) is 22.9 Å². The Hall–Kier alpha value is -2.53. The molecule has 1 aliphatic heterocycles. The van der Waals surface area contributed by atoms with Gasteiger partial charge in [-0.1, -0.05) is 23.7 Å². The molecule has 1 heterocycles. The summed E-state index contributed by atoms with van der Waals surface area (Å²) >= 11 is 5.80. The Morgan fingerprint density at radius 2 is 1.96 bits per heavy atom. The van der Waals surface area contributed by atoms with E-state index in [0.717, 1.165) is 16.8 Å². The molecule has 0 radical (unpaired) electrons. The van der Waals surface area contributed by atoms with E-state index in [2.05, 4.69) is 16.0 Å². The Morgan fingerprint density at radius 3 is 2.74 bits per heavy atom. The van der Waals surface area contributed by atoms with Crippen LogP contribution in [0.25, 0.3) is 0 Å². The van der Waals surface area contributed by atoms with Crippen LogP contribution in [0.2, 0.25) is 5.02 Å². The van der Waals surface area contributed by atoms with Gasteiger partial charge >= 0.3 is 6.03 Å². The van der Waals surface area contributed by atoms with Crippen molar-refractivity contribution in [3.8, 4) is 0 Å². The standard InChI is InChI=1S/C17H16ClN3O2/c18-13-2-4-14(5-3-13)20-17(23)19-8-7-11-1-6-15-12(9-11)10-16(22)21-15/h1-6,9H,7-8,10H2,(H,21,22)(H2,19,20,23). The Balaban J connectivity index is 1.48. The largest absolute Gasteiger partial charge is 0.338 e. The number of carbonyl (C=O) groups is 2. The highest BCUT2D eigenvalue weighted by Crippen LogP contribution is 2.23. The van der Waals surface area contributed by atoms with E-state index < -0.39 is 0 Å². The summed E-state index contributed by atoms with van der Waals surface area (Å²) in [4.78, 5) is 23.1. The fourth-order valence-corrected chi connectivity index (χ4v) is 2.59. The normalized spacial score (nSPS) is 12.5. The van der Waals surface area contributed by atoms with Crippen molar-refractivity contribution in [1.29, 1.82) is 0 Å². The summed E-state index contributed by atoms with van der Waals surface area (Å²) in [6.07, 6.45) is 1.13. The number of hydrogen-bond acceptors (Lipinski definition) is 2. The first-order valence-electron chi connectivity index (χ1n) is 7.32. The maximum Gasteiger partial charge on any atom is 0.319 e. The van der Waals surface area contributed by atoms with Crippen LogP contribution < -0.4 is 16.0 Å². The summed E-state index contributed by atoms with van der Waals surface area (Å²) in [5, 5.41) is 8.97. The van der Waals surface area contributed by atoms with E-state index in [0.29, 0.717) is 30.1 Å². The average Bonchev–Trinajstić information content (AvgIpc) is 2.89. The Morgan fingerprint density at radius 1 is 1.17 bits per heavy atom. The molecular formula is C17H16ClN3O2. The second-order valence-corrected chi connectivity index (χ2v) is 5.79. The van der Waals surface area contributed by atoms with E-state index >= 15 is 0 Å². The molecule has 1 aliphatic rings. The molecule has 0 fully saturated rings. The summed E-state index contributed by atoms with van der Waals surface area (Å²) < 4.78 is 0. The topological polar surface area (TPSA) is 70.2 Å². The third kappa shape index (κ3) is 4.02. The van der Waals surface area contributed by atoms with Gasteiger partial charge in [-0.15, -0.1) is 0 Å². The lowest BCUT2D eigenvalue weighted by molar-refractivity contribution is -0.115. The fourth-order valence-electron chi connectivity index (χ4n) is 2.47. The van der Waals surface area contributed by atoms with E-state index in [1.807, 2.05) is 18.2 Å². The molecule has 0 bridgehead atoms. The molecule has 0 unspecified atom stereocenters. The van der Waals surface area contributed by atoms with Gasteiger partial charge in [0.1, 0.15) is 0 Å². The third-order valence-electron chi connectivity index (χ3n) is 3.60. The highest BCUT2D eigenvalue weighted by Gasteiger charge is 2.17. The van der Waals surface area contributed by atoms with Crippen molar-refractivity contribution in [3.05, 3.63) is 58.6 Å². The smallest absolute Gasteiger partial charge is 0.319 e. The number of fused-ring (bicyclic) bond motifs is 1. The van der Waals surface area contributed by atoms with Gasteiger partial charge < -0.3 is 16.0 Å². The van der Waals surface area contributed by atoms with Crippen LogP contribution in [0.15, 0.2) is 42.5 Å². The minimum Gasteiger partial charge on any atom is -0.338 e. The van der Waals surface area contributed by atoms with E-state index in [9.17, 15) is 9.59 Å². The monoisotopic (exact) mass is 329 g/mol. The van der Waals surface area contributed by atoms with Crippen molar-refractivity contribution >= 4 is 34.9 Å². The zero-order chi connectivity index (χ0) is 16.2. The van der Waals surface area contributed by atoms with Crippen LogP contribution in [-0.4, -0.2) is 18.5 Å². The van der Waals surface area contributed by atoms with Crippen molar-refractivity contribution < 1.29 is 9.59 Å². The van der Waals surface area contributed by atoms with Crippen LogP contribution in [0.1, 0.15) is 11.1 Å². The Bertz CT molecular complexity index is 744. The predicted molar refractivity (Wildman–Crippen MR) is 91.0 cm³/mol. The quantitative estimate of drug-likeness (QED) is 0.806. The summed E-state index contributed by atoms with van der Waals surface area (Å²) in [5.41, 5.74) is 3.67. The molecule has 5 nitrogen and oxygen atoms in total. The second-order valence-electron chi connectivity index (χ2n) is 5.35. The number of benzene rings is 2. The summed E-state index contributed by atoms with van der Waals surface area (Å²) in [6.45, 7) is 0.513. The number of urea groups is 1. The van der Waals surface area contributed by atoms with E-state index in [1.165, 1.54) is 0 Å². The lowest BCUT2D eigenvalue weighted by atomic mass is 10.1. The number of anilines is 2. The minimum absolute atomic E-state index is 0.0256. The van der Waals surface area contributed by atoms with Gasteiger partial charge in [0.15, 0.2) is 0 Å². The Kier molecular flexibility index (Phi) is 4.48. The molecular weight excluding hydrogens is 314 g/mol. The molecule has 0 aliphatic carbocycles. The molecule has 0 atom stereocenters. The van der Waals surface area contributed by atoms with Crippen LogP contribution in [-0.2, 0) is 17.6 Å². The van der Waals surface area contributed by atoms with Gasteiger partial charge in [-0.25, -0.2) is 4.79 Å². The van der Waals surface area contributed by atoms with Crippen molar-refractivity contribution in [2.75, 3.05) is 17.2 Å². The van der Waals surface area contributed by atoms with E-state index in [-0.39, 0.29) is 11.9 Å². The summed E-state index contributed by atoms with van der Waals surface area (Å²) in [5.74, 6) is 0.0256. The lowest BCUT2D eigenvalue weighted by Crippen LogP contribution is -2.30. The van der Waals surface area contributed by atoms with Crippen LogP contribution in [0, 0.1) is 0 Å². The van der Waals surface area contributed by atoms with Gasteiger partial charge in [0.2, 0.25) is 5.91 Å². The van der Waals surface area contributed by atoms with Crippen LogP contribution in [0.4, 0.5) is 16.2 Å². The SMILES string of the molecule is O=C1Cc2cc(CCNC(=O)Nc3ccc(Cl)cc3)ccc2N1. The number of rotatable bonds is 4. The molecule has 3 N–H and O–H groups in total. The molecule has 0 saturated heterocycles. The third-order valence-corrected chi connectivity index (χ3v) is 3.85. The van der Waals surface area contributed by atoms with Gasteiger partial charge in [-0.3, -0.25) is 4.79 Å². The molecule has 6 heteroatoms. The number of nitrogens with one attached hydrogen (secondary N) is 3. The average molecular weight is 330 g/mol. The van der Waals surface area contributed by atoms with Gasteiger partial charge in [0.25, 0.3) is 0 Å². The van der Waals surface area contributed by atoms with E-state index in [4.69, 9.17) is 11.6 Å².